The lowest BCUT2D eigenvalue weighted by Gasteiger charge is -2.33. The molecule has 1 amide bonds. The maximum Gasteiger partial charge on any atom is 0.320 e. The number of carbonyl (C=O) groups excluding carboxylic acids is 1. The van der Waals surface area contributed by atoms with Crippen molar-refractivity contribution in [3.05, 3.63) is 111 Å². The Morgan fingerprint density at radius 2 is 1.74 bits per heavy atom. The number of carbonyl (C=O) groups is 2. The summed E-state index contributed by atoms with van der Waals surface area (Å²) in [5.74, 6) is -0.405. The first-order valence-corrected chi connectivity index (χ1v) is 15.4. The lowest BCUT2D eigenvalue weighted by atomic mass is 9.91. The molecule has 46 heavy (non-hydrogen) atoms. The van der Waals surface area contributed by atoms with Gasteiger partial charge in [-0.1, -0.05) is 48.4 Å². The molecule has 1 aromatic heterocycles. The molecule has 1 fully saturated rings. The smallest absolute Gasteiger partial charge is 0.320 e. The van der Waals surface area contributed by atoms with Crippen LogP contribution in [0.2, 0.25) is 5.02 Å². The summed E-state index contributed by atoms with van der Waals surface area (Å²) in [7, 11) is 0. The Morgan fingerprint density at radius 3 is 2.48 bits per heavy atom. The normalized spacial score (nSPS) is 14.8. The number of nitriles is 1. The Bertz CT molecular complexity index is 1820. The molecule has 1 saturated heterocycles. The van der Waals surface area contributed by atoms with E-state index in [4.69, 9.17) is 26.8 Å². The summed E-state index contributed by atoms with van der Waals surface area (Å²) in [4.78, 5) is 30.0. The van der Waals surface area contributed by atoms with Crippen LogP contribution < -0.4 is 15.2 Å². The number of benzene rings is 3. The van der Waals surface area contributed by atoms with Crippen LogP contribution in [0.25, 0.3) is 11.1 Å². The molecule has 0 saturated carbocycles. The van der Waals surface area contributed by atoms with Gasteiger partial charge in [0.15, 0.2) is 0 Å². The second kappa shape index (κ2) is 14.5. The van der Waals surface area contributed by atoms with E-state index in [0.29, 0.717) is 52.7 Å². The fourth-order valence-electron chi connectivity index (χ4n) is 5.89. The first-order valence-electron chi connectivity index (χ1n) is 15.0. The van der Waals surface area contributed by atoms with Crippen molar-refractivity contribution in [3.63, 3.8) is 0 Å². The number of pyridine rings is 1. The largest absolute Gasteiger partial charge is 0.488 e. The minimum absolute atomic E-state index is 0.143. The number of primary amides is 1. The minimum Gasteiger partial charge on any atom is -0.488 e. The first-order chi connectivity index (χ1) is 22.2. The number of hydrogen-bond acceptors (Lipinski definition) is 7. The van der Waals surface area contributed by atoms with Gasteiger partial charge in [0.25, 0.3) is 0 Å². The highest BCUT2D eigenvalue weighted by Crippen LogP contribution is 2.37. The van der Waals surface area contributed by atoms with Crippen molar-refractivity contribution in [1.82, 2.24) is 9.88 Å². The topological polar surface area (TPSA) is 139 Å². The molecule has 0 bridgehead atoms. The molecular formula is C36H35ClN4O5. The molecule has 9 nitrogen and oxygen atoms in total. The van der Waals surface area contributed by atoms with Gasteiger partial charge in [-0.2, -0.15) is 5.26 Å². The Balaban J connectivity index is 1.43. The molecular weight excluding hydrogens is 604 g/mol. The number of likely N-dealkylation sites (tertiary alicyclic amines) is 1. The van der Waals surface area contributed by atoms with E-state index < -0.39 is 17.9 Å². The number of halogens is 1. The van der Waals surface area contributed by atoms with E-state index in [1.807, 2.05) is 49.1 Å². The summed E-state index contributed by atoms with van der Waals surface area (Å²) in [5, 5.41) is 19.5. The summed E-state index contributed by atoms with van der Waals surface area (Å²) < 4.78 is 12.5. The molecule has 0 aliphatic carbocycles. The molecule has 3 N–H and O–H groups in total. The van der Waals surface area contributed by atoms with Crippen LogP contribution in [-0.2, 0) is 24.6 Å². The third-order valence-corrected chi connectivity index (χ3v) is 8.72. The average molecular weight is 639 g/mol. The molecule has 3 aromatic carbocycles. The van der Waals surface area contributed by atoms with Crippen LogP contribution in [0.5, 0.6) is 11.5 Å². The van der Waals surface area contributed by atoms with Gasteiger partial charge in [-0.25, -0.2) is 0 Å². The van der Waals surface area contributed by atoms with E-state index in [0.717, 1.165) is 46.2 Å². The van der Waals surface area contributed by atoms with Gasteiger partial charge in [0.2, 0.25) is 5.91 Å². The number of hydrogen-bond donors (Lipinski definition) is 2. The molecule has 1 aliphatic rings. The first kappa shape index (κ1) is 32.5. The number of nitrogens with two attached hydrogens (primary N) is 1. The highest BCUT2D eigenvalue weighted by atomic mass is 35.5. The molecule has 0 spiro atoms. The summed E-state index contributed by atoms with van der Waals surface area (Å²) in [5.41, 5.74) is 12.6. The predicted molar refractivity (Wildman–Crippen MR) is 175 cm³/mol. The zero-order chi connectivity index (χ0) is 32.8. The Labute approximate surface area is 273 Å². The molecule has 10 heteroatoms. The number of aliphatic carboxylic acids is 1. The Morgan fingerprint density at radius 1 is 1.00 bits per heavy atom. The van der Waals surface area contributed by atoms with Crippen LogP contribution in [0.4, 0.5) is 0 Å². The predicted octanol–water partition coefficient (Wildman–Crippen LogP) is 6.59. The van der Waals surface area contributed by atoms with Gasteiger partial charge >= 0.3 is 5.97 Å². The lowest BCUT2D eigenvalue weighted by molar-refractivity contribution is -0.144. The zero-order valence-electron chi connectivity index (χ0n) is 25.8. The molecule has 4 aromatic rings. The van der Waals surface area contributed by atoms with E-state index >= 15 is 0 Å². The Hall–Kier alpha value is -4.91. The van der Waals surface area contributed by atoms with Crippen molar-refractivity contribution in [1.29, 1.82) is 5.26 Å². The fourth-order valence-corrected chi connectivity index (χ4v) is 6.13. The van der Waals surface area contributed by atoms with Crippen molar-refractivity contribution < 1.29 is 24.2 Å². The molecule has 1 atom stereocenters. The molecule has 0 radical (unpaired) electrons. The van der Waals surface area contributed by atoms with E-state index in [1.54, 1.807) is 30.5 Å². The van der Waals surface area contributed by atoms with Gasteiger partial charge in [0.1, 0.15) is 36.8 Å². The number of carboxylic acid groups (broad SMARTS) is 1. The number of aromatic nitrogens is 1. The highest BCUT2D eigenvalue weighted by molar-refractivity contribution is 6.32. The van der Waals surface area contributed by atoms with E-state index in [-0.39, 0.29) is 13.2 Å². The lowest BCUT2D eigenvalue weighted by Crippen LogP contribution is -2.44. The highest BCUT2D eigenvalue weighted by Gasteiger charge is 2.29. The van der Waals surface area contributed by atoms with Crippen LogP contribution in [0, 0.1) is 25.2 Å². The number of ether oxygens (including phenoxy) is 2. The van der Waals surface area contributed by atoms with Gasteiger partial charge in [-0.05, 0) is 79.3 Å². The minimum atomic E-state index is -0.846. The fraction of sp³-hybridized carbons (Fsp3) is 0.278. The van der Waals surface area contributed by atoms with E-state index in [1.165, 1.54) is 6.20 Å². The molecule has 236 valence electrons. The van der Waals surface area contributed by atoms with Crippen molar-refractivity contribution in [2.75, 3.05) is 6.54 Å². The van der Waals surface area contributed by atoms with Crippen molar-refractivity contribution >= 4 is 23.5 Å². The summed E-state index contributed by atoms with van der Waals surface area (Å²) in [6, 6.07) is 18.1. The number of rotatable bonds is 11. The maximum atomic E-state index is 12.0. The van der Waals surface area contributed by atoms with Gasteiger partial charge in [0.05, 0.1) is 10.6 Å². The summed E-state index contributed by atoms with van der Waals surface area (Å²) >= 11 is 6.77. The average Bonchev–Trinajstić information content (AvgIpc) is 3.05. The molecule has 2 heterocycles. The SMILES string of the molecule is Cc1c(COc2cc(OCc3cncc(C#N)c3)c(CN3CCCC[C@H]3C(=O)O)cc2Cl)cccc1-c1cccc(C(N)=O)c1C. The van der Waals surface area contributed by atoms with Gasteiger partial charge in [-0.3, -0.25) is 19.5 Å². The van der Waals surface area contributed by atoms with Crippen LogP contribution >= 0.6 is 11.6 Å². The molecule has 0 unspecified atom stereocenters. The quantitative estimate of drug-likeness (QED) is 0.188. The number of piperidine rings is 1. The van der Waals surface area contributed by atoms with E-state index in [9.17, 15) is 20.0 Å². The third-order valence-electron chi connectivity index (χ3n) is 8.42. The van der Waals surface area contributed by atoms with Crippen molar-refractivity contribution in [2.45, 2.75) is 58.9 Å². The van der Waals surface area contributed by atoms with Gasteiger partial charge < -0.3 is 20.3 Å². The third kappa shape index (κ3) is 7.31. The van der Waals surface area contributed by atoms with Gasteiger partial charge in [0, 0.05) is 41.7 Å². The van der Waals surface area contributed by atoms with Crippen LogP contribution in [0.15, 0.2) is 67.0 Å². The van der Waals surface area contributed by atoms with Crippen molar-refractivity contribution in [2.24, 2.45) is 5.73 Å². The maximum absolute atomic E-state index is 12.0. The zero-order valence-corrected chi connectivity index (χ0v) is 26.5. The van der Waals surface area contributed by atoms with Gasteiger partial charge in [-0.15, -0.1) is 0 Å². The standard InChI is InChI=1S/C36H35ClN4O5/c1-22-26(7-5-8-28(22)29-9-6-10-30(23(29)2)35(39)42)21-46-34-15-33(45-20-25-13-24(16-38)17-40-18-25)27(14-31(34)37)19-41-12-4-3-11-32(41)36(43)44/h5-10,13-15,17-18,32H,3-4,11-12,19-21H2,1-2H3,(H2,39,42)(H,43,44)/t32-/m0/s1. The Kier molecular flexibility index (Phi) is 10.2. The van der Waals surface area contributed by atoms with Crippen LogP contribution in [-0.4, -0.2) is 39.5 Å². The number of amides is 1. The van der Waals surface area contributed by atoms with Crippen LogP contribution in [0.3, 0.4) is 0 Å². The van der Waals surface area contributed by atoms with E-state index in [2.05, 4.69) is 11.1 Å². The summed E-state index contributed by atoms with van der Waals surface area (Å²) in [6.45, 7) is 5.24. The molecule has 1 aliphatic heterocycles. The molecule has 5 rings (SSSR count). The monoisotopic (exact) mass is 638 g/mol. The van der Waals surface area contributed by atoms with Crippen LogP contribution in [0.1, 0.15) is 63.0 Å². The van der Waals surface area contributed by atoms with Crippen molar-refractivity contribution in [3.8, 4) is 28.7 Å². The number of carboxylic acids is 1. The number of nitrogens with zero attached hydrogens (tertiary/aromatic N) is 3. The second-order valence-corrected chi connectivity index (χ2v) is 11.8. The summed E-state index contributed by atoms with van der Waals surface area (Å²) in [6.07, 6.45) is 5.47. The second-order valence-electron chi connectivity index (χ2n) is 11.4.